The van der Waals surface area contributed by atoms with E-state index >= 15 is 0 Å². The van der Waals surface area contributed by atoms with Gasteiger partial charge in [0.2, 0.25) is 0 Å². The van der Waals surface area contributed by atoms with Gasteiger partial charge in [0.15, 0.2) is 0 Å². The van der Waals surface area contributed by atoms with Crippen molar-refractivity contribution in [3.63, 3.8) is 0 Å². The molecule has 1 aliphatic rings. The molecule has 0 aliphatic heterocycles. The van der Waals surface area contributed by atoms with E-state index in [1.165, 1.54) is 18.2 Å². The van der Waals surface area contributed by atoms with Crippen LogP contribution in [0.25, 0.3) is 0 Å². The van der Waals surface area contributed by atoms with Crippen molar-refractivity contribution in [1.82, 2.24) is 9.97 Å². The summed E-state index contributed by atoms with van der Waals surface area (Å²) in [6.07, 6.45) is 5.63. The van der Waals surface area contributed by atoms with Crippen LogP contribution < -0.4 is 4.90 Å². The van der Waals surface area contributed by atoms with E-state index in [9.17, 15) is 8.42 Å². The zero-order chi connectivity index (χ0) is 14.8. The Balaban J connectivity index is 2.31. The number of sulfone groups is 1. The maximum atomic E-state index is 11.4. The molecule has 1 heterocycles. The van der Waals surface area contributed by atoms with Crippen LogP contribution in [0.2, 0.25) is 0 Å². The van der Waals surface area contributed by atoms with Crippen molar-refractivity contribution in [3.05, 3.63) is 17.1 Å². The zero-order valence-electron chi connectivity index (χ0n) is 12.5. The van der Waals surface area contributed by atoms with Gasteiger partial charge in [0.05, 0.1) is 5.75 Å². The SMILES string of the molecule is CCN(CCS(C)(=O)=O)c1nc(C)nc2c1CCCC2. The van der Waals surface area contributed by atoms with Gasteiger partial charge in [-0.1, -0.05) is 0 Å². The molecule has 112 valence electrons. The molecule has 0 fully saturated rings. The van der Waals surface area contributed by atoms with Gasteiger partial charge in [0.1, 0.15) is 21.5 Å². The second-order valence-corrected chi connectivity index (χ2v) is 7.70. The van der Waals surface area contributed by atoms with Crippen molar-refractivity contribution in [2.24, 2.45) is 0 Å². The summed E-state index contributed by atoms with van der Waals surface area (Å²) in [5.41, 5.74) is 2.37. The summed E-state index contributed by atoms with van der Waals surface area (Å²) in [6.45, 7) is 5.20. The van der Waals surface area contributed by atoms with E-state index in [2.05, 4.69) is 14.9 Å². The maximum absolute atomic E-state index is 11.4. The van der Waals surface area contributed by atoms with Crippen molar-refractivity contribution in [2.75, 3.05) is 30.0 Å². The Morgan fingerprint density at radius 2 is 1.90 bits per heavy atom. The van der Waals surface area contributed by atoms with Crippen LogP contribution in [-0.2, 0) is 22.7 Å². The van der Waals surface area contributed by atoms with Crippen molar-refractivity contribution in [2.45, 2.75) is 39.5 Å². The molecular weight excluding hydrogens is 274 g/mol. The average molecular weight is 297 g/mol. The van der Waals surface area contributed by atoms with Crippen LogP contribution in [0.4, 0.5) is 5.82 Å². The smallest absolute Gasteiger partial charge is 0.149 e. The maximum Gasteiger partial charge on any atom is 0.149 e. The second-order valence-electron chi connectivity index (χ2n) is 5.44. The number of aromatic nitrogens is 2. The lowest BCUT2D eigenvalue weighted by Gasteiger charge is -2.27. The van der Waals surface area contributed by atoms with E-state index in [0.717, 1.165) is 43.1 Å². The zero-order valence-corrected chi connectivity index (χ0v) is 13.3. The summed E-state index contributed by atoms with van der Waals surface area (Å²) >= 11 is 0. The van der Waals surface area contributed by atoms with Crippen LogP contribution >= 0.6 is 0 Å². The highest BCUT2D eigenvalue weighted by Gasteiger charge is 2.20. The topological polar surface area (TPSA) is 63.2 Å². The number of hydrogen-bond donors (Lipinski definition) is 0. The van der Waals surface area contributed by atoms with E-state index in [4.69, 9.17) is 0 Å². The molecule has 5 nitrogen and oxygen atoms in total. The molecule has 0 N–H and O–H groups in total. The van der Waals surface area contributed by atoms with Crippen molar-refractivity contribution >= 4 is 15.7 Å². The van der Waals surface area contributed by atoms with Gasteiger partial charge in [0.25, 0.3) is 0 Å². The predicted molar refractivity (Wildman–Crippen MR) is 81.0 cm³/mol. The standard InChI is InChI=1S/C14H23N3O2S/c1-4-17(9-10-20(3,18)19)14-12-7-5-6-8-13(12)15-11(2)16-14/h4-10H2,1-3H3. The molecule has 0 aromatic carbocycles. The van der Waals surface area contributed by atoms with Gasteiger partial charge in [-0.3, -0.25) is 0 Å². The van der Waals surface area contributed by atoms with Crippen LogP contribution in [0.1, 0.15) is 36.8 Å². The summed E-state index contributed by atoms with van der Waals surface area (Å²) < 4.78 is 22.8. The van der Waals surface area contributed by atoms with Crippen LogP contribution in [0, 0.1) is 6.92 Å². The Morgan fingerprint density at radius 3 is 2.55 bits per heavy atom. The predicted octanol–water partition coefficient (Wildman–Crippen LogP) is 1.53. The number of nitrogens with zero attached hydrogens (tertiary/aromatic N) is 3. The Morgan fingerprint density at radius 1 is 1.20 bits per heavy atom. The molecule has 0 atom stereocenters. The van der Waals surface area contributed by atoms with Crippen molar-refractivity contribution < 1.29 is 8.42 Å². The minimum Gasteiger partial charge on any atom is -0.356 e. The van der Waals surface area contributed by atoms with Crippen LogP contribution in [0.5, 0.6) is 0 Å². The van der Waals surface area contributed by atoms with E-state index in [1.807, 2.05) is 13.8 Å². The average Bonchev–Trinajstić information content (AvgIpc) is 2.37. The minimum atomic E-state index is -2.95. The Hall–Kier alpha value is -1.17. The molecular formula is C14H23N3O2S. The lowest BCUT2D eigenvalue weighted by Crippen LogP contribution is -2.31. The molecule has 1 aliphatic carbocycles. The van der Waals surface area contributed by atoms with E-state index in [0.29, 0.717) is 6.54 Å². The first-order valence-corrected chi connectivity index (χ1v) is 9.26. The van der Waals surface area contributed by atoms with Crippen molar-refractivity contribution in [3.8, 4) is 0 Å². The molecule has 0 saturated carbocycles. The Kier molecular flexibility index (Phi) is 4.62. The molecule has 0 saturated heterocycles. The summed E-state index contributed by atoms with van der Waals surface area (Å²) in [4.78, 5) is 11.2. The largest absolute Gasteiger partial charge is 0.356 e. The van der Waals surface area contributed by atoms with E-state index < -0.39 is 9.84 Å². The van der Waals surface area contributed by atoms with E-state index in [-0.39, 0.29) is 5.75 Å². The highest BCUT2D eigenvalue weighted by atomic mass is 32.2. The van der Waals surface area contributed by atoms with E-state index in [1.54, 1.807) is 0 Å². The third-order valence-electron chi connectivity index (χ3n) is 3.69. The Labute approximate surface area is 121 Å². The minimum absolute atomic E-state index is 0.165. The summed E-state index contributed by atoms with van der Waals surface area (Å²) in [7, 11) is -2.95. The summed E-state index contributed by atoms with van der Waals surface area (Å²) in [6, 6.07) is 0. The van der Waals surface area contributed by atoms with Gasteiger partial charge >= 0.3 is 0 Å². The number of hydrogen-bond acceptors (Lipinski definition) is 5. The molecule has 0 radical (unpaired) electrons. The fourth-order valence-electron chi connectivity index (χ4n) is 2.65. The van der Waals surface area contributed by atoms with Crippen LogP contribution in [0.3, 0.4) is 0 Å². The van der Waals surface area contributed by atoms with Crippen LogP contribution in [-0.4, -0.2) is 43.5 Å². The van der Waals surface area contributed by atoms with Gasteiger partial charge in [-0.15, -0.1) is 0 Å². The molecule has 0 unspecified atom stereocenters. The third-order valence-corrected chi connectivity index (χ3v) is 4.61. The fourth-order valence-corrected chi connectivity index (χ4v) is 3.20. The molecule has 2 rings (SSSR count). The highest BCUT2D eigenvalue weighted by Crippen LogP contribution is 2.27. The number of anilines is 1. The molecule has 6 heteroatoms. The summed E-state index contributed by atoms with van der Waals surface area (Å²) in [5.74, 6) is 1.88. The van der Waals surface area contributed by atoms with Gasteiger partial charge in [-0.05, 0) is 39.5 Å². The van der Waals surface area contributed by atoms with Gasteiger partial charge < -0.3 is 4.90 Å². The first-order chi connectivity index (χ1) is 9.40. The quantitative estimate of drug-likeness (QED) is 0.825. The normalized spacial score (nSPS) is 14.9. The number of rotatable bonds is 5. The highest BCUT2D eigenvalue weighted by molar-refractivity contribution is 7.90. The van der Waals surface area contributed by atoms with Gasteiger partial charge in [0, 0.05) is 30.6 Å². The molecule has 1 aromatic rings. The van der Waals surface area contributed by atoms with Crippen molar-refractivity contribution in [1.29, 1.82) is 0 Å². The second kappa shape index (κ2) is 6.08. The first kappa shape index (κ1) is 15.2. The van der Waals surface area contributed by atoms with Crippen LogP contribution in [0.15, 0.2) is 0 Å². The molecule has 0 spiro atoms. The lowest BCUT2D eigenvalue weighted by atomic mass is 9.96. The molecule has 0 amide bonds. The third kappa shape index (κ3) is 3.69. The number of fused-ring (bicyclic) bond motifs is 1. The Bertz CT molecular complexity index is 584. The first-order valence-electron chi connectivity index (χ1n) is 7.19. The molecule has 1 aromatic heterocycles. The number of aryl methyl sites for hydroxylation is 2. The monoisotopic (exact) mass is 297 g/mol. The summed E-state index contributed by atoms with van der Waals surface area (Å²) in [5, 5.41) is 0. The van der Waals surface area contributed by atoms with Gasteiger partial charge in [-0.25, -0.2) is 18.4 Å². The molecule has 0 bridgehead atoms. The molecule has 20 heavy (non-hydrogen) atoms. The fraction of sp³-hybridized carbons (Fsp3) is 0.714. The van der Waals surface area contributed by atoms with Gasteiger partial charge in [-0.2, -0.15) is 0 Å². The lowest BCUT2D eigenvalue weighted by molar-refractivity contribution is 0.599.